The van der Waals surface area contributed by atoms with Crippen LogP contribution in [0.5, 0.6) is 0 Å². The molecule has 1 atom stereocenters. The smallest absolute Gasteiger partial charge is 0.101 e. The van der Waals surface area contributed by atoms with E-state index in [1.54, 1.807) is 0 Å². The summed E-state index contributed by atoms with van der Waals surface area (Å²) in [5, 5.41) is 0. The van der Waals surface area contributed by atoms with Crippen molar-refractivity contribution in [3.05, 3.63) is 12.4 Å². The molecular formula is C44H88N2. The van der Waals surface area contributed by atoms with Gasteiger partial charge in [0.15, 0.2) is 0 Å². The Morgan fingerprint density at radius 2 is 0.500 bits per heavy atom. The van der Waals surface area contributed by atoms with Crippen molar-refractivity contribution in [3.63, 3.8) is 0 Å². The highest BCUT2D eigenvalue weighted by Gasteiger charge is 2.24. The molecule has 0 aromatic rings. The summed E-state index contributed by atoms with van der Waals surface area (Å²) in [7, 11) is 0. The van der Waals surface area contributed by atoms with E-state index in [4.69, 9.17) is 0 Å². The van der Waals surface area contributed by atoms with Crippen molar-refractivity contribution in [2.75, 3.05) is 13.1 Å². The van der Waals surface area contributed by atoms with Crippen LogP contribution >= 0.6 is 0 Å². The summed E-state index contributed by atoms with van der Waals surface area (Å²) in [6.07, 6.45) is 57.4. The largest absolute Gasteiger partial charge is 0.356 e. The van der Waals surface area contributed by atoms with Crippen molar-refractivity contribution in [2.45, 2.75) is 258 Å². The number of hydrogen-bond acceptors (Lipinski definition) is 2. The minimum atomic E-state index is 0.638. The third kappa shape index (κ3) is 27.3. The number of unbranched alkanes of at least 4 members (excludes halogenated alkanes) is 32. The fourth-order valence-corrected chi connectivity index (χ4v) is 7.60. The Morgan fingerprint density at radius 1 is 0.283 bits per heavy atom. The normalized spacial score (nSPS) is 14.7. The molecule has 46 heavy (non-hydrogen) atoms. The third-order valence-electron chi connectivity index (χ3n) is 10.8. The lowest BCUT2D eigenvalue weighted by atomic mass is 10.0. The Morgan fingerprint density at radius 3 is 0.761 bits per heavy atom. The van der Waals surface area contributed by atoms with Gasteiger partial charge in [0, 0.05) is 25.5 Å². The van der Waals surface area contributed by atoms with Crippen LogP contribution in [0.25, 0.3) is 0 Å². The maximum absolute atomic E-state index is 2.73. The van der Waals surface area contributed by atoms with E-state index in [9.17, 15) is 0 Å². The van der Waals surface area contributed by atoms with E-state index in [1.165, 1.54) is 244 Å². The lowest BCUT2D eigenvalue weighted by Gasteiger charge is -2.33. The van der Waals surface area contributed by atoms with Gasteiger partial charge in [0.2, 0.25) is 0 Å². The molecule has 0 radical (unpaired) electrons. The Labute approximate surface area is 292 Å². The molecule has 2 heteroatoms. The molecule has 1 rings (SSSR count). The van der Waals surface area contributed by atoms with Crippen LogP contribution in [0.3, 0.4) is 0 Å². The summed E-state index contributed by atoms with van der Waals surface area (Å²) < 4.78 is 0. The van der Waals surface area contributed by atoms with Crippen molar-refractivity contribution >= 4 is 0 Å². The summed E-state index contributed by atoms with van der Waals surface area (Å²) in [6.45, 7) is 9.49. The van der Waals surface area contributed by atoms with Crippen LogP contribution in [0.1, 0.15) is 252 Å². The van der Waals surface area contributed by atoms with Crippen molar-refractivity contribution in [2.24, 2.45) is 0 Å². The first-order chi connectivity index (χ1) is 22.8. The zero-order valence-electron chi connectivity index (χ0n) is 32.5. The minimum absolute atomic E-state index is 0.638. The molecule has 0 spiro atoms. The highest BCUT2D eigenvalue weighted by molar-refractivity contribution is 4.97. The van der Waals surface area contributed by atoms with Gasteiger partial charge >= 0.3 is 0 Å². The van der Waals surface area contributed by atoms with E-state index in [2.05, 4.69) is 43.0 Å². The monoisotopic (exact) mass is 645 g/mol. The first-order valence-corrected chi connectivity index (χ1v) is 22.0. The Balaban J connectivity index is 2.19. The predicted octanol–water partition coefficient (Wildman–Crippen LogP) is 15.5. The molecule has 0 aromatic carbocycles. The Hall–Kier alpha value is -0.660. The number of nitrogens with zero attached hydrogens (tertiary/aromatic N) is 2. The first kappa shape index (κ1) is 43.4. The van der Waals surface area contributed by atoms with Crippen molar-refractivity contribution in [1.82, 2.24) is 9.80 Å². The zero-order chi connectivity index (χ0) is 33.0. The third-order valence-corrected chi connectivity index (χ3v) is 10.8. The zero-order valence-corrected chi connectivity index (χ0v) is 32.5. The number of rotatable bonds is 38. The highest BCUT2D eigenvalue weighted by Crippen LogP contribution is 2.24. The maximum Gasteiger partial charge on any atom is 0.101 e. The molecule has 1 aliphatic rings. The predicted molar refractivity (Wildman–Crippen MR) is 210 cm³/mol. The molecule has 0 saturated carbocycles. The quantitative estimate of drug-likeness (QED) is 0.0617. The standard InChI is InChI=1S/C44H88N2/c1-4-7-10-13-16-19-21-23-24-25-26-28-30-33-36-39-44-45(40-37-34-31-18-15-12-9-6-3)42-43-46(44)41-38-35-32-29-27-22-20-17-14-11-8-5-2/h42-44H,4-41H2,1-3H3. The molecule has 0 bridgehead atoms. The molecular weight excluding hydrogens is 556 g/mol. The van der Waals surface area contributed by atoms with E-state index in [0.717, 1.165) is 0 Å². The van der Waals surface area contributed by atoms with Gasteiger partial charge in [-0.1, -0.05) is 226 Å². The van der Waals surface area contributed by atoms with E-state index >= 15 is 0 Å². The minimum Gasteiger partial charge on any atom is -0.356 e. The van der Waals surface area contributed by atoms with Gasteiger partial charge in [-0.15, -0.1) is 0 Å². The second-order valence-corrected chi connectivity index (χ2v) is 15.4. The molecule has 274 valence electrons. The summed E-state index contributed by atoms with van der Waals surface area (Å²) in [5.74, 6) is 0. The molecule has 0 N–H and O–H groups in total. The molecule has 0 fully saturated rings. The summed E-state index contributed by atoms with van der Waals surface area (Å²) >= 11 is 0. The molecule has 1 aliphatic heterocycles. The average Bonchev–Trinajstić information content (AvgIpc) is 3.45. The fraction of sp³-hybridized carbons (Fsp3) is 0.955. The van der Waals surface area contributed by atoms with Gasteiger partial charge in [0.05, 0.1) is 0 Å². The van der Waals surface area contributed by atoms with Crippen LogP contribution in [0.2, 0.25) is 0 Å². The molecule has 1 unspecified atom stereocenters. The van der Waals surface area contributed by atoms with Crippen molar-refractivity contribution < 1.29 is 0 Å². The van der Waals surface area contributed by atoms with E-state index in [-0.39, 0.29) is 0 Å². The van der Waals surface area contributed by atoms with Crippen LogP contribution in [-0.2, 0) is 0 Å². The lowest BCUT2D eigenvalue weighted by Crippen LogP contribution is -2.39. The van der Waals surface area contributed by atoms with Gasteiger partial charge in [0.1, 0.15) is 6.17 Å². The van der Waals surface area contributed by atoms with Crippen molar-refractivity contribution in [3.8, 4) is 0 Å². The molecule has 0 aromatic heterocycles. The molecule has 0 aliphatic carbocycles. The summed E-state index contributed by atoms with van der Waals surface area (Å²) in [5.41, 5.74) is 0. The molecule has 0 saturated heterocycles. The van der Waals surface area contributed by atoms with Gasteiger partial charge in [-0.05, 0) is 25.7 Å². The van der Waals surface area contributed by atoms with Crippen LogP contribution in [-0.4, -0.2) is 29.1 Å². The molecule has 0 amide bonds. The topological polar surface area (TPSA) is 6.48 Å². The van der Waals surface area contributed by atoms with Crippen molar-refractivity contribution in [1.29, 1.82) is 0 Å². The maximum atomic E-state index is 2.73. The lowest BCUT2D eigenvalue weighted by molar-refractivity contribution is 0.135. The SMILES string of the molecule is CCCCCCCCCCCCCCCCCC1N(CCCCCCCCCC)C=CN1CCCCCCCCCCCCCC. The molecule has 2 nitrogen and oxygen atoms in total. The Bertz CT molecular complexity index is 601. The van der Waals surface area contributed by atoms with Crippen LogP contribution in [0.15, 0.2) is 12.4 Å². The van der Waals surface area contributed by atoms with Gasteiger partial charge in [-0.3, -0.25) is 0 Å². The molecule has 1 heterocycles. The van der Waals surface area contributed by atoms with Crippen LogP contribution in [0.4, 0.5) is 0 Å². The van der Waals surface area contributed by atoms with Gasteiger partial charge < -0.3 is 9.80 Å². The second-order valence-electron chi connectivity index (χ2n) is 15.4. The second kappa shape index (κ2) is 35.6. The average molecular weight is 645 g/mol. The highest BCUT2D eigenvalue weighted by atomic mass is 15.4. The first-order valence-electron chi connectivity index (χ1n) is 22.0. The fourth-order valence-electron chi connectivity index (χ4n) is 7.60. The van der Waals surface area contributed by atoms with E-state index in [0.29, 0.717) is 6.17 Å². The number of hydrogen-bond donors (Lipinski definition) is 0. The van der Waals surface area contributed by atoms with Gasteiger partial charge in [-0.2, -0.15) is 0 Å². The van der Waals surface area contributed by atoms with Gasteiger partial charge in [0.25, 0.3) is 0 Å². The van der Waals surface area contributed by atoms with Crippen LogP contribution < -0.4 is 0 Å². The van der Waals surface area contributed by atoms with Crippen LogP contribution in [0, 0.1) is 0 Å². The summed E-state index contributed by atoms with van der Waals surface area (Å²) in [6, 6.07) is 0. The Kier molecular flexibility index (Phi) is 33.6. The summed E-state index contributed by atoms with van der Waals surface area (Å²) in [4.78, 5) is 5.45. The van der Waals surface area contributed by atoms with E-state index < -0.39 is 0 Å². The van der Waals surface area contributed by atoms with E-state index in [1.807, 2.05) is 0 Å². The van der Waals surface area contributed by atoms with Gasteiger partial charge in [-0.25, -0.2) is 0 Å².